The van der Waals surface area contributed by atoms with E-state index in [0.29, 0.717) is 22.3 Å². The Morgan fingerprint density at radius 1 is 0.939 bits per heavy atom. The van der Waals surface area contributed by atoms with E-state index in [4.69, 9.17) is 27.9 Å². The lowest BCUT2D eigenvalue weighted by Gasteiger charge is -2.15. The molecule has 0 aliphatic carbocycles. The lowest BCUT2D eigenvalue weighted by atomic mass is 9.94. The van der Waals surface area contributed by atoms with Gasteiger partial charge in [0.2, 0.25) is 0 Å². The predicted octanol–water partition coefficient (Wildman–Crippen LogP) is 7.85. The molecule has 4 rings (SSSR count). The molecule has 0 aromatic heterocycles. The van der Waals surface area contributed by atoms with Gasteiger partial charge in [-0.2, -0.15) is 13.2 Å². The van der Waals surface area contributed by atoms with Gasteiger partial charge in [0, 0.05) is 10.0 Å². The fourth-order valence-corrected chi connectivity index (χ4v) is 4.19. The summed E-state index contributed by atoms with van der Waals surface area (Å²) in [6.45, 7) is 1.68. The predicted molar refractivity (Wildman–Crippen MR) is 122 cm³/mol. The third kappa shape index (κ3) is 4.63. The van der Waals surface area contributed by atoms with E-state index in [9.17, 15) is 23.1 Å². The molecule has 0 saturated heterocycles. The van der Waals surface area contributed by atoms with Crippen molar-refractivity contribution in [3.05, 3.63) is 104 Å². The van der Waals surface area contributed by atoms with Crippen LogP contribution in [-0.2, 0) is 15.7 Å². The average molecular weight is 491 g/mol. The molecule has 0 spiro atoms. The summed E-state index contributed by atoms with van der Waals surface area (Å²) in [4.78, 5) is 12.4. The maximum Gasteiger partial charge on any atom is 0.417 e. The zero-order valence-corrected chi connectivity index (χ0v) is 18.5. The number of hydrogen-bond donors (Lipinski definition) is 1. The maximum atomic E-state index is 13.4. The van der Waals surface area contributed by atoms with Gasteiger partial charge in [-0.25, -0.2) is 4.79 Å². The number of benzene rings is 3. The summed E-state index contributed by atoms with van der Waals surface area (Å²) in [7, 11) is 0. The van der Waals surface area contributed by atoms with E-state index in [1.807, 2.05) is 0 Å². The Morgan fingerprint density at radius 2 is 1.61 bits per heavy atom. The number of aliphatic hydroxyl groups is 1. The normalized spacial score (nSPS) is 15.3. The Kier molecular flexibility index (Phi) is 5.99. The molecule has 8 heteroatoms. The molecule has 0 saturated carbocycles. The minimum atomic E-state index is -4.49. The molecule has 0 unspecified atom stereocenters. The van der Waals surface area contributed by atoms with Crippen molar-refractivity contribution in [2.24, 2.45) is 0 Å². The molecule has 0 fully saturated rings. The van der Waals surface area contributed by atoms with Gasteiger partial charge in [0.25, 0.3) is 0 Å². The first-order valence-electron chi connectivity index (χ1n) is 9.66. The van der Waals surface area contributed by atoms with Crippen LogP contribution in [0.5, 0.6) is 0 Å². The third-order valence-corrected chi connectivity index (χ3v) is 5.54. The lowest BCUT2D eigenvalue weighted by Crippen LogP contribution is -2.07. The molecule has 168 valence electrons. The molecule has 0 atom stereocenters. The second-order valence-corrected chi connectivity index (χ2v) is 8.27. The Balaban J connectivity index is 1.72. The van der Waals surface area contributed by atoms with Crippen LogP contribution in [0.3, 0.4) is 0 Å². The van der Waals surface area contributed by atoms with E-state index in [0.717, 1.165) is 6.07 Å². The number of carbonyl (C=O) groups excluding carboxylic acids is 1. The Bertz CT molecular complexity index is 1320. The van der Waals surface area contributed by atoms with Gasteiger partial charge in [0.1, 0.15) is 5.57 Å². The van der Waals surface area contributed by atoms with Gasteiger partial charge in [-0.1, -0.05) is 59.6 Å². The molecule has 0 radical (unpaired) electrons. The molecule has 3 aromatic carbocycles. The zero-order valence-electron chi connectivity index (χ0n) is 17.0. The van der Waals surface area contributed by atoms with E-state index < -0.39 is 17.7 Å². The van der Waals surface area contributed by atoms with Crippen molar-refractivity contribution in [2.45, 2.75) is 13.1 Å². The molecule has 1 heterocycles. The maximum absolute atomic E-state index is 13.4. The minimum Gasteiger partial charge on any atom is -0.504 e. The second-order valence-electron chi connectivity index (χ2n) is 7.40. The SMILES string of the molecule is Cc1cc(/C=C2\OC(=O)C(c3cc(Cl)cc(Cl)c3)=C2O)ccc1-c1ccccc1C(F)(F)F. The summed E-state index contributed by atoms with van der Waals surface area (Å²) in [5.41, 5.74) is 1.08. The number of halogens is 5. The van der Waals surface area contributed by atoms with Crippen LogP contribution in [0.15, 0.2) is 72.2 Å². The van der Waals surface area contributed by atoms with Gasteiger partial charge in [0.15, 0.2) is 11.5 Å². The van der Waals surface area contributed by atoms with Crippen molar-refractivity contribution < 1.29 is 27.8 Å². The second kappa shape index (κ2) is 8.61. The van der Waals surface area contributed by atoms with Crippen LogP contribution in [0.25, 0.3) is 22.8 Å². The van der Waals surface area contributed by atoms with Crippen LogP contribution in [0.1, 0.15) is 22.3 Å². The number of rotatable bonds is 3. The van der Waals surface area contributed by atoms with Crippen LogP contribution in [-0.4, -0.2) is 11.1 Å². The molecule has 33 heavy (non-hydrogen) atoms. The number of esters is 1. The van der Waals surface area contributed by atoms with Crippen molar-refractivity contribution in [3.63, 3.8) is 0 Å². The van der Waals surface area contributed by atoms with Crippen LogP contribution < -0.4 is 0 Å². The van der Waals surface area contributed by atoms with E-state index in [1.165, 1.54) is 36.4 Å². The fourth-order valence-electron chi connectivity index (χ4n) is 3.67. The molecule has 3 nitrogen and oxygen atoms in total. The largest absolute Gasteiger partial charge is 0.504 e. The van der Waals surface area contributed by atoms with Crippen molar-refractivity contribution >= 4 is 40.8 Å². The topological polar surface area (TPSA) is 46.5 Å². The Hall–Kier alpha value is -3.22. The first kappa shape index (κ1) is 23.0. The Morgan fingerprint density at radius 3 is 2.24 bits per heavy atom. The molecule has 0 amide bonds. The number of aliphatic hydroxyl groups excluding tert-OH is 1. The summed E-state index contributed by atoms with van der Waals surface area (Å²) in [5.74, 6) is -1.25. The first-order chi connectivity index (χ1) is 15.5. The highest BCUT2D eigenvalue weighted by Crippen LogP contribution is 2.39. The summed E-state index contributed by atoms with van der Waals surface area (Å²) in [5, 5.41) is 11.2. The fraction of sp³-hybridized carbons (Fsp3) is 0.0800. The molecule has 1 N–H and O–H groups in total. The standard InChI is InChI=1S/C25H15Cl2F3O3/c1-13-8-14(6-7-18(13)19-4-2-3-5-20(19)25(28,29)30)9-21-23(31)22(24(32)33-21)15-10-16(26)12-17(27)11-15/h2-12,31H,1H3/b21-9-. The van der Waals surface area contributed by atoms with E-state index in [-0.39, 0.29) is 32.7 Å². The number of hydrogen-bond acceptors (Lipinski definition) is 3. The number of ether oxygens (including phenoxy) is 1. The summed E-state index contributed by atoms with van der Waals surface area (Å²) in [6.07, 6.45) is -3.06. The molecule has 0 bridgehead atoms. The smallest absolute Gasteiger partial charge is 0.417 e. The quantitative estimate of drug-likeness (QED) is 0.380. The molecular formula is C25H15Cl2F3O3. The van der Waals surface area contributed by atoms with E-state index >= 15 is 0 Å². The number of aryl methyl sites for hydroxylation is 1. The average Bonchev–Trinajstić information content (AvgIpc) is 2.99. The van der Waals surface area contributed by atoms with Gasteiger partial charge in [-0.05, 0) is 65.1 Å². The van der Waals surface area contributed by atoms with Crippen LogP contribution >= 0.6 is 23.2 Å². The van der Waals surface area contributed by atoms with E-state index in [2.05, 4.69) is 0 Å². The highest BCUT2D eigenvalue weighted by atomic mass is 35.5. The van der Waals surface area contributed by atoms with Crippen molar-refractivity contribution in [1.82, 2.24) is 0 Å². The molecule has 3 aromatic rings. The molecule has 1 aliphatic rings. The van der Waals surface area contributed by atoms with E-state index in [1.54, 1.807) is 31.2 Å². The Labute approximate surface area is 197 Å². The van der Waals surface area contributed by atoms with Crippen molar-refractivity contribution in [1.29, 1.82) is 0 Å². The van der Waals surface area contributed by atoms with Crippen LogP contribution in [0, 0.1) is 6.92 Å². The highest BCUT2D eigenvalue weighted by molar-refractivity contribution is 6.35. The first-order valence-corrected chi connectivity index (χ1v) is 10.4. The summed E-state index contributed by atoms with van der Waals surface area (Å²) < 4.78 is 45.4. The number of cyclic esters (lactones) is 1. The zero-order chi connectivity index (χ0) is 23.9. The monoisotopic (exact) mass is 490 g/mol. The van der Waals surface area contributed by atoms with Gasteiger partial charge in [-0.15, -0.1) is 0 Å². The number of carbonyl (C=O) groups is 1. The molecule has 1 aliphatic heterocycles. The highest BCUT2D eigenvalue weighted by Gasteiger charge is 2.34. The third-order valence-electron chi connectivity index (χ3n) is 5.10. The van der Waals surface area contributed by atoms with Crippen LogP contribution in [0.2, 0.25) is 10.0 Å². The van der Waals surface area contributed by atoms with Gasteiger partial charge < -0.3 is 9.84 Å². The summed E-state index contributed by atoms with van der Waals surface area (Å²) >= 11 is 12.0. The minimum absolute atomic E-state index is 0.0665. The van der Waals surface area contributed by atoms with Gasteiger partial charge in [-0.3, -0.25) is 0 Å². The van der Waals surface area contributed by atoms with Crippen LogP contribution in [0.4, 0.5) is 13.2 Å². The van der Waals surface area contributed by atoms with Gasteiger partial charge >= 0.3 is 12.1 Å². The molecular weight excluding hydrogens is 476 g/mol. The summed E-state index contributed by atoms with van der Waals surface area (Å²) in [6, 6.07) is 14.6. The van der Waals surface area contributed by atoms with Gasteiger partial charge in [0.05, 0.1) is 5.56 Å². The van der Waals surface area contributed by atoms with Crippen molar-refractivity contribution in [2.75, 3.05) is 0 Å². The lowest BCUT2D eigenvalue weighted by molar-refractivity contribution is -0.137. The van der Waals surface area contributed by atoms with Crippen molar-refractivity contribution in [3.8, 4) is 11.1 Å². The number of alkyl halides is 3.